The van der Waals surface area contributed by atoms with E-state index in [0.29, 0.717) is 35.2 Å². The van der Waals surface area contributed by atoms with E-state index in [2.05, 4.69) is 5.32 Å². The van der Waals surface area contributed by atoms with Crippen LogP contribution in [-0.2, 0) is 11.2 Å². The minimum absolute atomic E-state index is 0.0333. The van der Waals surface area contributed by atoms with Crippen LogP contribution in [0.4, 0.5) is 0 Å². The monoisotopic (exact) mass is 363 g/mol. The lowest BCUT2D eigenvalue weighted by atomic mass is 10.1. The molecular weight excluding hydrogens is 342 g/mol. The predicted octanol–water partition coefficient (Wildman–Crippen LogP) is 3.40. The fraction of sp³-hybridized carbons (Fsp3) is 0.316. The molecule has 6 heteroatoms. The third-order valence-corrected chi connectivity index (χ3v) is 3.91. The summed E-state index contributed by atoms with van der Waals surface area (Å²) in [4.78, 5) is 11.9. The van der Waals surface area contributed by atoms with Gasteiger partial charge in [-0.3, -0.25) is 4.79 Å². The molecule has 0 unspecified atom stereocenters. The van der Waals surface area contributed by atoms with Gasteiger partial charge in [0.1, 0.15) is 5.75 Å². The second-order valence-electron chi connectivity index (χ2n) is 5.49. The van der Waals surface area contributed by atoms with Crippen LogP contribution in [0.15, 0.2) is 36.4 Å². The first kappa shape index (κ1) is 18.9. The number of hydrogen-bond acceptors (Lipinski definition) is 4. The lowest BCUT2D eigenvalue weighted by molar-refractivity contribution is -0.123. The van der Waals surface area contributed by atoms with Gasteiger partial charge in [-0.1, -0.05) is 17.7 Å². The van der Waals surface area contributed by atoms with Crippen molar-refractivity contribution in [2.75, 3.05) is 27.4 Å². The van der Waals surface area contributed by atoms with Crippen molar-refractivity contribution in [3.8, 4) is 17.2 Å². The smallest absolute Gasteiger partial charge is 0.257 e. The Hall–Kier alpha value is -2.40. The SMILES string of the molecule is COc1ccc(CCNC(=O)COc2ccc(Cl)cc2C)cc1OC. The first-order valence-electron chi connectivity index (χ1n) is 7.90. The largest absolute Gasteiger partial charge is 0.493 e. The summed E-state index contributed by atoms with van der Waals surface area (Å²) < 4.78 is 16.0. The van der Waals surface area contributed by atoms with Crippen LogP contribution >= 0.6 is 11.6 Å². The molecule has 1 N–H and O–H groups in total. The molecule has 0 aliphatic heterocycles. The Balaban J connectivity index is 1.78. The number of carbonyl (C=O) groups excluding carboxylic acids is 1. The maximum atomic E-state index is 11.9. The molecule has 0 saturated carbocycles. The normalized spacial score (nSPS) is 10.2. The van der Waals surface area contributed by atoms with Crippen LogP contribution in [0.1, 0.15) is 11.1 Å². The summed E-state index contributed by atoms with van der Waals surface area (Å²) in [5, 5.41) is 3.48. The predicted molar refractivity (Wildman–Crippen MR) is 97.9 cm³/mol. The molecule has 2 aromatic carbocycles. The van der Waals surface area contributed by atoms with Crippen LogP contribution < -0.4 is 19.5 Å². The van der Waals surface area contributed by atoms with Gasteiger partial charge in [-0.05, 0) is 54.8 Å². The zero-order chi connectivity index (χ0) is 18.2. The summed E-state index contributed by atoms with van der Waals surface area (Å²) in [6.45, 7) is 2.36. The van der Waals surface area contributed by atoms with E-state index in [4.69, 9.17) is 25.8 Å². The molecule has 0 spiro atoms. The van der Waals surface area contributed by atoms with Gasteiger partial charge in [-0.25, -0.2) is 0 Å². The van der Waals surface area contributed by atoms with Gasteiger partial charge in [0.05, 0.1) is 14.2 Å². The van der Waals surface area contributed by atoms with E-state index in [1.54, 1.807) is 32.4 Å². The fourth-order valence-electron chi connectivity index (χ4n) is 2.35. The van der Waals surface area contributed by atoms with Gasteiger partial charge in [0.2, 0.25) is 0 Å². The molecule has 2 rings (SSSR count). The van der Waals surface area contributed by atoms with Crippen LogP contribution in [0, 0.1) is 6.92 Å². The van der Waals surface area contributed by atoms with Gasteiger partial charge in [-0.15, -0.1) is 0 Å². The minimum atomic E-state index is -0.171. The maximum Gasteiger partial charge on any atom is 0.257 e. The first-order valence-corrected chi connectivity index (χ1v) is 8.28. The highest BCUT2D eigenvalue weighted by Gasteiger charge is 2.07. The molecule has 0 aromatic heterocycles. The Bertz CT molecular complexity index is 733. The summed E-state index contributed by atoms with van der Waals surface area (Å²) in [6, 6.07) is 11.0. The second kappa shape index (κ2) is 9.18. The molecular formula is C19H22ClNO4. The number of rotatable bonds is 8. The molecule has 0 aliphatic rings. The van der Waals surface area contributed by atoms with Crippen molar-refractivity contribution in [1.82, 2.24) is 5.32 Å². The summed E-state index contributed by atoms with van der Waals surface area (Å²) >= 11 is 5.90. The molecule has 0 radical (unpaired) electrons. The Morgan fingerprint density at radius 3 is 2.44 bits per heavy atom. The third-order valence-electron chi connectivity index (χ3n) is 3.68. The number of benzene rings is 2. The van der Waals surface area contributed by atoms with Crippen LogP contribution in [0.5, 0.6) is 17.2 Å². The van der Waals surface area contributed by atoms with E-state index in [1.807, 2.05) is 25.1 Å². The first-order chi connectivity index (χ1) is 12.0. The number of methoxy groups -OCH3 is 2. The van der Waals surface area contributed by atoms with E-state index in [9.17, 15) is 4.79 Å². The maximum absolute atomic E-state index is 11.9. The Morgan fingerprint density at radius 2 is 1.76 bits per heavy atom. The fourth-order valence-corrected chi connectivity index (χ4v) is 2.58. The van der Waals surface area contributed by atoms with Crippen molar-refractivity contribution in [2.24, 2.45) is 0 Å². The molecule has 0 fully saturated rings. The van der Waals surface area contributed by atoms with Gasteiger partial charge in [0.25, 0.3) is 5.91 Å². The highest BCUT2D eigenvalue weighted by atomic mass is 35.5. The molecule has 0 aliphatic carbocycles. The lowest BCUT2D eigenvalue weighted by Crippen LogP contribution is -2.30. The van der Waals surface area contributed by atoms with Gasteiger partial charge in [0.15, 0.2) is 18.1 Å². The van der Waals surface area contributed by atoms with Crippen molar-refractivity contribution in [3.63, 3.8) is 0 Å². The molecule has 25 heavy (non-hydrogen) atoms. The van der Waals surface area contributed by atoms with E-state index >= 15 is 0 Å². The van der Waals surface area contributed by atoms with Gasteiger partial charge in [-0.2, -0.15) is 0 Å². The Labute approximate surface area is 152 Å². The number of ether oxygens (including phenoxy) is 3. The molecule has 0 saturated heterocycles. The van der Waals surface area contributed by atoms with E-state index in [1.165, 1.54) is 0 Å². The molecule has 5 nitrogen and oxygen atoms in total. The lowest BCUT2D eigenvalue weighted by Gasteiger charge is -2.11. The van der Waals surface area contributed by atoms with Crippen molar-refractivity contribution in [2.45, 2.75) is 13.3 Å². The Morgan fingerprint density at radius 1 is 1.04 bits per heavy atom. The van der Waals surface area contributed by atoms with Crippen molar-refractivity contribution in [3.05, 3.63) is 52.5 Å². The zero-order valence-electron chi connectivity index (χ0n) is 14.6. The van der Waals surface area contributed by atoms with Crippen LogP contribution in [-0.4, -0.2) is 33.3 Å². The van der Waals surface area contributed by atoms with E-state index in [0.717, 1.165) is 11.1 Å². The zero-order valence-corrected chi connectivity index (χ0v) is 15.4. The van der Waals surface area contributed by atoms with Crippen LogP contribution in [0.2, 0.25) is 5.02 Å². The number of aryl methyl sites for hydroxylation is 1. The third kappa shape index (κ3) is 5.57. The van der Waals surface area contributed by atoms with E-state index < -0.39 is 0 Å². The van der Waals surface area contributed by atoms with Crippen molar-refractivity contribution >= 4 is 17.5 Å². The molecule has 134 valence electrons. The quantitative estimate of drug-likeness (QED) is 0.781. The Kier molecular flexibility index (Phi) is 6.95. The number of halogens is 1. The number of hydrogen-bond donors (Lipinski definition) is 1. The van der Waals surface area contributed by atoms with Crippen LogP contribution in [0.3, 0.4) is 0 Å². The number of amides is 1. The molecule has 1 amide bonds. The second-order valence-corrected chi connectivity index (χ2v) is 5.92. The minimum Gasteiger partial charge on any atom is -0.493 e. The number of carbonyl (C=O) groups is 1. The van der Waals surface area contributed by atoms with E-state index in [-0.39, 0.29) is 12.5 Å². The average Bonchev–Trinajstić information content (AvgIpc) is 2.60. The highest BCUT2D eigenvalue weighted by Crippen LogP contribution is 2.27. The molecule has 0 heterocycles. The standard InChI is InChI=1S/C19H22ClNO4/c1-13-10-15(20)5-7-16(13)25-12-19(22)21-9-8-14-4-6-17(23-2)18(11-14)24-3/h4-7,10-11H,8-9,12H2,1-3H3,(H,21,22). The summed E-state index contributed by atoms with van der Waals surface area (Å²) in [7, 11) is 3.19. The number of nitrogens with one attached hydrogen (secondary N) is 1. The highest BCUT2D eigenvalue weighted by molar-refractivity contribution is 6.30. The summed E-state index contributed by atoms with van der Waals surface area (Å²) in [5.41, 5.74) is 1.94. The van der Waals surface area contributed by atoms with Crippen molar-refractivity contribution < 1.29 is 19.0 Å². The summed E-state index contributed by atoms with van der Waals surface area (Å²) in [5.74, 6) is 1.84. The molecule has 0 bridgehead atoms. The van der Waals surface area contributed by atoms with Gasteiger partial charge >= 0.3 is 0 Å². The summed E-state index contributed by atoms with van der Waals surface area (Å²) in [6.07, 6.45) is 0.687. The topological polar surface area (TPSA) is 56.8 Å². The van der Waals surface area contributed by atoms with Gasteiger partial charge in [0, 0.05) is 11.6 Å². The molecule has 2 aromatic rings. The van der Waals surface area contributed by atoms with Crippen molar-refractivity contribution in [1.29, 1.82) is 0 Å². The van der Waals surface area contributed by atoms with Crippen LogP contribution in [0.25, 0.3) is 0 Å². The molecule has 0 atom stereocenters. The van der Waals surface area contributed by atoms with Gasteiger partial charge < -0.3 is 19.5 Å². The average molecular weight is 364 g/mol.